The number of hydrogen-bond acceptors (Lipinski definition) is 5. The van der Waals surface area contributed by atoms with Crippen molar-refractivity contribution < 1.29 is 24.5 Å². The molecular weight excluding hydrogens is 478 g/mol. The highest BCUT2D eigenvalue weighted by molar-refractivity contribution is 6.17. The van der Waals surface area contributed by atoms with Gasteiger partial charge in [-0.2, -0.15) is 0 Å². The van der Waals surface area contributed by atoms with Crippen LogP contribution in [-0.2, 0) is 10.2 Å². The maximum Gasteiger partial charge on any atom is 0.251 e. The smallest absolute Gasteiger partial charge is 0.251 e. The summed E-state index contributed by atoms with van der Waals surface area (Å²) in [5.41, 5.74) is 4.80. The molecule has 1 aliphatic heterocycles. The van der Waals surface area contributed by atoms with Crippen molar-refractivity contribution in [2.75, 3.05) is 31.3 Å². The van der Waals surface area contributed by atoms with E-state index in [1.165, 1.54) is 0 Å². The maximum atomic E-state index is 14.8. The molecule has 1 amide bonds. The quantitative estimate of drug-likeness (QED) is 0.330. The topological polar surface area (TPSA) is 79.2 Å². The number of nitrogens with zero attached hydrogens (tertiary/aromatic N) is 1. The van der Waals surface area contributed by atoms with Crippen LogP contribution in [0, 0.1) is 13.8 Å². The summed E-state index contributed by atoms with van der Waals surface area (Å²) < 4.78 is 11.4. The molecule has 0 unspecified atom stereocenters. The molecule has 0 fully saturated rings. The Kier molecular flexibility index (Phi) is 7.18. The SMILES string of the molecule is Cc1cc(C2(c3ccc(OCCO)c(C)c3)C(=O)N(c3ccccc3)c3ccccc32)ccc1OCCO. The van der Waals surface area contributed by atoms with E-state index in [2.05, 4.69) is 0 Å². The maximum absolute atomic E-state index is 14.8. The van der Waals surface area contributed by atoms with Gasteiger partial charge in [0.05, 0.1) is 18.9 Å². The predicted octanol–water partition coefficient (Wildman–Crippen LogP) is 5.06. The van der Waals surface area contributed by atoms with Gasteiger partial charge in [0.2, 0.25) is 0 Å². The number of hydrogen-bond donors (Lipinski definition) is 2. The molecule has 6 nitrogen and oxygen atoms in total. The molecule has 0 aromatic heterocycles. The minimum Gasteiger partial charge on any atom is -0.491 e. The molecule has 5 rings (SSSR count). The molecule has 0 radical (unpaired) electrons. The number of ether oxygens (including phenoxy) is 2. The summed E-state index contributed by atoms with van der Waals surface area (Å²) in [6.07, 6.45) is 0. The monoisotopic (exact) mass is 509 g/mol. The second-order valence-electron chi connectivity index (χ2n) is 9.35. The molecule has 1 aliphatic rings. The normalized spacial score (nSPS) is 13.9. The van der Waals surface area contributed by atoms with Crippen LogP contribution in [-0.4, -0.2) is 42.5 Å². The number of carbonyl (C=O) groups is 1. The number of amides is 1. The third kappa shape index (κ3) is 4.22. The molecule has 1 heterocycles. The lowest BCUT2D eigenvalue weighted by atomic mass is 9.69. The molecule has 0 bridgehead atoms. The molecule has 38 heavy (non-hydrogen) atoms. The van der Waals surface area contributed by atoms with Crippen molar-refractivity contribution in [2.24, 2.45) is 0 Å². The molecule has 0 aliphatic carbocycles. The first-order valence-electron chi connectivity index (χ1n) is 12.7. The van der Waals surface area contributed by atoms with Crippen LogP contribution >= 0.6 is 0 Å². The Balaban J connectivity index is 1.76. The van der Waals surface area contributed by atoms with Crippen molar-refractivity contribution in [3.8, 4) is 11.5 Å². The average molecular weight is 510 g/mol. The Labute approximate surface area is 222 Å². The van der Waals surface area contributed by atoms with E-state index in [4.69, 9.17) is 9.47 Å². The second-order valence-corrected chi connectivity index (χ2v) is 9.35. The molecule has 2 N–H and O–H groups in total. The summed E-state index contributed by atoms with van der Waals surface area (Å²) >= 11 is 0. The van der Waals surface area contributed by atoms with Crippen molar-refractivity contribution in [2.45, 2.75) is 19.3 Å². The summed E-state index contributed by atoms with van der Waals surface area (Å²) in [4.78, 5) is 16.6. The van der Waals surface area contributed by atoms with Gasteiger partial charge in [0, 0.05) is 11.3 Å². The number of carbonyl (C=O) groups excluding carboxylic acids is 1. The van der Waals surface area contributed by atoms with Crippen molar-refractivity contribution >= 4 is 17.3 Å². The van der Waals surface area contributed by atoms with Crippen LogP contribution in [0.15, 0.2) is 91.0 Å². The fourth-order valence-electron chi connectivity index (χ4n) is 5.34. The standard InChI is InChI=1S/C32H31NO5/c1-22-20-24(12-14-29(22)37-18-16-34)32(25-13-15-30(23(2)21-25)38-19-17-35)27-10-6-7-11-28(27)33(31(32)36)26-8-4-3-5-9-26/h3-15,20-21,34-35H,16-19H2,1-2H3. The van der Waals surface area contributed by atoms with E-state index < -0.39 is 5.41 Å². The Morgan fingerprint density at radius 2 is 1.24 bits per heavy atom. The van der Waals surface area contributed by atoms with Crippen LogP contribution in [0.3, 0.4) is 0 Å². The van der Waals surface area contributed by atoms with Crippen LogP contribution in [0.2, 0.25) is 0 Å². The van der Waals surface area contributed by atoms with E-state index in [1.54, 1.807) is 4.90 Å². The van der Waals surface area contributed by atoms with E-state index in [-0.39, 0.29) is 32.3 Å². The summed E-state index contributed by atoms with van der Waals surface area (Å²) in [6, 6.07) is 29.2. The van der Waals surface area contributed by atoms with Crippen LogP contribution in [0.4, 0.5) is 11.4 Å². The van der Waals surface area contributed by atoms with Gasteiger partial charge in [0.25, 0.3) is 5.91 Å². The fourth-order valence-corrected chi connectivity index (χ4v) is 5.34. The van der Waals surface area contributed by atoms with E-state index >= 15 is 0 Å². The fraction of sp³-hybridized carbons (Fsp3) is 0.219. The lowest BCUT2D eigenvalue weighted by Crippen LogP contribution is -2.40. The zero-order valence-corrected chi connectivity index (χ0v) is 21.6. The zero-order chi connectivity index (χ0) is 26.7. The number of anilines is 2. The summed E-state index contributed by atoms with van der Waals surface area (Å²) in [5.74, 6) is 1.26. The molecule has 0 saturated heterocycles. The van der Waals surface area contributed by atoms with Crippen LogP contribution in [0.25, 0.3) is 0 Å². The molecule has 6 heteroatoms. The first-order valence-corrected chi connectivity index (χ1v) is 12.7. The van der Waals surface area contributed by atoms with Crippen LogP contribution in [0.1, 0.15) is 27.8 Å². The summed E-state index contributed by atoms with van der Waals surface area (Å²) in [5, 5.41) is 18.4. The molecular formula is C32H31NO5. The van der Waals surface area contributed by atoms with Gasteiger partial charge in [-0.3, -0.25) is 9.69 Å². The van der Waals surface area contributed by atoms with E-state index in [0.717, 1.165) is 39.2 Å². The highest BCUT2D eigenvalue weighted by Crippen LogP contribution is 2.53. The molecule has 0 atom stereocenters. The van der Waals surface area contributed by atoms with E-state index in [9.17, 15) is 15.0 Å². The first kappa shape index (κ1) is 25.5. The van der Waals surface area contributed by atoms with Gasteiger partial charge in [0.1, 0.15) is 30.1 Å². The summed E-state index contributed by atoms with van der Waals surface area (Å²) in [7, 11) is 0. The molecule has 0 spiro atoms. The third-order valence-electron chi connectivity index (χ3n) is 7.00. The molecule has 4 aromatic rings. The van der Waals surface area contributed by atoms with Gasteiger partial charge < -0.3 is 19.7 Å². The highest BCUT2D eigenvalue weighted by atomic mass is 16.5. The third-order valence-corrected chi connectivity index (χ3v) is 7.00. The minimum absolute atomic E-state index is 0.0725. The van der Waals surface area contributed by atoms with Crippen molar-refractivity contribution in [1.29, 1.82) is 0 Å². The van der Waals surface area contributed by atoms with Gasteiger partial charge in [-0.15, -0.1) is 0 Å². The van der Waals surface area contributed by atoms with Gasteiger partial charge in [-0.05, 0) is 66.4 Å². The largest absolute Gasteiger partial charge is 0.491 e. The number of aliphatic hydroxyl groups is 2. The predicted molar refractivity (Wildman–Crippen MR) is 147 cm³/mol. The van der Waals surface area contributed by atoms with Crippen molar-refractivity contribution in [3.05, 3.63) is 119 Å². The average Bonchev–Trinajstić information content (AvgIpc) is 3.20. The van der Waals surface area contributed by atoms with Crippen LogP contribution < -0.4 is 14.4 Å². The van der Waals surface area contributed by atoms with E-state index in [1.807, 2.05) is 105 Å². The highest BCUT2D eigenvalue weighted by Gasteiger charge is 2.54. The lowest BCUT2D eigenvalue weighted by molar-refractivity contribution is -0.120. The number of aryl methyl sites for hydroxylation is 2. The van der Waals surface area contributed by atoms with Gasteiger partial charge in [0.15, 0.2) is 0 Å². The Bertz CT molecular complexity index is 1390. The molecule has 4 aromatic carbocycles. The Morgan fingerprint density at radius 1 is 0.711 bits per heavy atom. The van der Waals surface area contributed by atoms with Gasteiger partial charge in [-0.25, -0.2) is 0 Å². The van der Waals surface area contributed by atoms with Gasteiger partial charge in [-0.1, -0.05) is 60.7 Å². The molecule has 194 valence electrons. The number of para-hydroxylation sites is 2. The Morgan fingerprint density at radius 3 is 1.76 bits per heavy atom. The number of aliphatic hydroxyl groups excluding tert-OH is 2. The zero-order valence-electron chi connectivity index (χ0n) is 21.6. The Hall–Kier alpha value is -4.13. The minimum atomic E-state index is -1.12. The van der Waals surface area contributed by atoms with Crippen LogP contribution in [0.5, 0.6) is 11.5 Å². The molecule has 0 saturated carbocycles. The van der Waals surface area contributed by atoms with Crippen molar-refractivity contribution in [1.82, 2.24) is 0 Å². The first-order chi connectivity index (χ1) is 18.5. The lowest BCUT2D eigenvalue weighted by Gasteiger charge is -2.31. The summed E-state index contributed by atoms with van der Waals surface area (Å²) in [6.45, 7) is 4.13. The van der Waals surface area contributed by atoms with E-state index in [0.29, 0.717) is 11.5 Å². The van der Waals surface area contributed by atoms with Gasteiger partial charge >= 0.3 is 0 Å². The van der Waals surface area contributed by atoms with Crippen molar-refractivity contribution in [3.63, 3.8) is 0 Å². The number of fused-ring (bicyclic) bond motifs is 1. The number of benzene rings is 4. The second kappa shape index (κ2) is 10.7. The number of rotatable bonds is 9.